The highest BCUT2D eigenvalue weighted by atomic mass is 16.5. The zero-order valence-corrected chi connectivity index (χ0v) is 9.00. The van der Waals surface area contributed by atoms with Crippen LogP contribution in [0.4, 0.5) is 0 Å². The lowest BCUT2D eigenvalue weighted by Crippen LogP contribution is -2.19. The fourth-order valence-electron chi connectivity index (χ4n) is 1.37. The molecule has 0 aliphatic heterocycles. The minimum Gasteiger partial charge on any atom is -0.461 e. The Balaban J connectivity index is 3.03. The Hall–Kier alpha value is -1.78. The molecule has 0 aliphatic carbocycles. The number of rotatable bonds is 3. The van der Waals surface area contributed by atoms with Gasteiger partial charge in [0.25, 0.3) is 0 Å². The smallest absolute Gasteiger partial charge is 0.361 e. The first-order valence-corrected chi connectivity index (χ1v) is 4.65. The predicted octanol–water partition coefficient (Wildman–Crippen LogP) is 1.37. The third kappa shape index (κ3) is 2.37. The topological polar surface area (TPSA) is 74.7 Å². The molecule has 1 heterocycles. The van der Waals surface area contributed by atoms with Gasteiger partial charge in [-0.15, -0.1) is 0 Å². The normalized spacial score (nSPS) is 11.5. The zero-order valence-electron chi connectivity index (χ0n) is 9.00. The first-order valence-electron chi connectivity index (χ1n) is 4.65. The maximum atomic E-state index is 11.4. The Morgan fingerprint density at radius 2 is 2.27 bits per heavy atom. The number of hydrogen-bond acceptors (Lipinski definition) is 4. The van der Waals surface area contributed by atoms with E-state index in [1.165, 1.54) is 0 Å². The molecule has 2 N–H and O–H groups in total. The summed E-state index contributed by atoms with van der Waals surface area (Å²) in [7, 11) is 0. The second-order valence-electron chi connectivity index (χ2n) is 3.16. The first kappa shape index (κ1) is 11.3. The molecular formula is C10H14N2O3. The van der Waals surface area contributed by atoms with Crippen molar-refractivity contribution < 1.29 is 14.7 Å². The summed E-state index contributed by atoms with van der Waals surface area (Å²) < 4.78 is 4.77. The van der Waals surface area contributed by atoms with Gasteiger partial charge in [0, 0.05) is 17.0 Å². The molecule has 82 valence electrons. The molecule has 0 bridgehead atoms. The standard InChI is InChI=1S/C10H14N2O3/c1-4-15-10(13)9(12-14)8-5-6(2)11-7(8)3/h5,11,14H,4H2,1-3H3/b12-9-. The number of carbonyl (C=O) groups is 1. The molecule has 0 aliphatic rings. The number of aryl methyl sites for hydroxylation is 2. The van der Waals surface area contributed by atoms with Crippen LogP contribution in [-0.4, -0.2) is 28.5 Å². The van der Waals surface area contributed by atoms with E-state index in [0.717, 1.165) is 11.4 Å². The summed E-state index contributed by atoms with van der Waals surface area (Å²) in [4.78, 5) is 14.4. The number of aromatic nitrogens is 1. The van der Waals surface area contributed by atoms with Crippen molar-refractivity contribution >= 4 is 11.7 Å². The van der Waals surface area contributed by atoms with Gasteiger partial charge >= 0.3 is 5.97 Å². The van der Waals surface area contributed by atoms with Gasteiger partial charge in [-0.1, -0.05) is 5.16 Å². The second kappa shape index (κ2) is 4.63. The van der Waals surface area contributed by atoms with E-state index in [1.54, 1.807) is 19.9 Å². The molecule has 1 aromatic heterocycles. The number of aromatic amines is 1. The lowest BCUT2D eigenvalue weighted by Gasteiger charge is -2.02. The third-order valence-electron chi connectivity index (χ3n) is 1.97. The number of nitrogens with one attached hydrogen (secondary N) is 1. The average molecular weight is 210 g/mol. The molecule has 1 aromatic rings. The Morgan fingerprint density at radius 1 is 1.60 bits per heavy atom. The minimum absolute atomic E-state index is 0.0706. The van der Waals surface area contributed by atoms with Crippen molar-refractivity contribution in [2.24, 2.45) is 5.16 Å². The summed E-state index contributed by atoms with van der Waals surface area (Å²) in [5.41, 5.74) is 2.16. The summed E-state index contributed by atoms with van der Waals surface area (Å²) in [6, 6.07) is 1.74. The monoisotopic (exact) mass is 210 g/mol. The van der Waals surface area contributed by atoms with Gasteiger partial charge in [0.1, 0.15) is 0 Å². The number of oxime groups is 1. The number of H-pyrrole nitrogens is 1. The van der Waals surface area contributed by atoms with E-state index in [0.29, 0.717) is 5.56 Å². The Labute approximate surface area is 87.7 Å². The van der Waals surface area contributed by atoms with Crippen LogP contribution in [0.25, 0.3) is 0 Å². The van der Waals surface area contributed by atoms with E-state index < -0.39 is 5.97 Å². The Kier molecular flexibility index (Phi) is 3.49. The molecule has 0 saturated carbocycles. The van der Waals surface area contributed by atoms with E-state index in [4.69, 9.17) is 9.94 Å². The second-order valence-corrected chi connectivity index (χ2v) is 3.16. The molecule has 0 fully saturated rings. The maximum absolute atomic E-state index is 11.4. The molecule has 15 heavy (non-hydrogen) atoms. The van der Waals surface area contributed by atoms with Crippen LogP contribution in [0.2, 0.25) is 0 Å². The van der Waals surface area contributed by atoms with Crippen LogP contribution in [0.15, 0.2) is 11.2 Å². The van der Waals surface area contributed by atoms with E-state index in [-0.39, 0.29) is 12.3 Å². The van der Waals surface area contributed by atoms with Gasteiger partial charge in [-0.05, 0) is 26.8 Å². The van der Waals surface area contributed by atoms with Gasteiger partial charge in [-0.3, -0.25) is 0 Å². The van der Waals surface area contributed by atoms with Crippen LogP contribution in [-0.2, 0) is 9.53 Å². The van der Waals surface area contributed by atoms with E-state index in [9.17, 15) is 4.79 Å². The van der Waals surface area contributed by atoms with Crippen LogP contribution in [0.5, 0.6) is 0 Å². The van der Waals surface area contributed by atoms with Crippen molar-refractivity contribution in [1.82, 2.24) is 4.98 Å². The lowest BCUT2D eigenvalue weighted by molar-refractivity contribution is -0.135. The molecule has 0 saturated heterocycles. The SMILES string of the molecule is CCOC(=O)/C(=N\O)c1cc(C)[nH]c1C. The highest BCUT2D eigenvalue weighted by Crippen LogP contribution is 2.11. The fraction of sp³-hybridized carbons (Fsp3) is 0.400. The molecular weight excluding hydrogens is 196 g/mol. The predicted molar refractivity (Wildman–Crippen MR) is 55.2 cm³/mol. The zero-order chi connectivity index (χ0) is 11.4. The molecule has 0 aromatic carbocycles. The van der Waals surface area contributed by atoms with Crippen molar-refractivity contribution in [3.05, 3.63) is 23.0 Å². The highest BCUT2D eigenvalue weighted by Gasteiger charge is 2.19. The number of carbonyl (C=O) groups excluding carboxylic acids is 1. The number of esters is 1. The minimum atomic E-state index is -0.623. The van der Waals surface area contributed by atoms with Crippen molar-refractivity contribution in [2.75, 3.05) is 6.61 Å². The summed E-state index contributed by atoms with van der Waals surface area (Å²) in [6.07, 6.45) is 0. The van der Waals surface area contributed by atoms with Crippen LogP contribution >= 0.6 is 0 Å². The van der Waals surface area contributed by atoms with Gasteiger partial charge < -0.3 is 14.9 Å². The van der Waals surface area contributed by atoms with Crippen molar-refractivity contribution in [3.63, 3.8) is 0 Å². The van der Waals surface area contributed by atoms with Gasteiger partial charge in [0.15, 0.2) is 5.71 Å². The molecule has 0 amide bonds. The van der Waals surface area contributed by atoms with Crippen LogP contribution in [0.1, 0.15) is 23.9 Å². The summed E-state index contributed by atoms with van der Waals surface area (Å²) in [5.74, 6) is -0.623. The molecule has 1 rings (SSSR count). The van der Waals surface area contributed by atoms with E-state index in [1.807, 2.05) is 6.92 Å². The maximum Gasteiger partial charge on any atom is 0.361 e. The molecule has 0 atom stereocenters. The van der Waals surface area contributed by atoms with Crippen molar-refractivity contribution in [1.29, 1.82) is 0 Å². The molecule has 0 spiro atoms. The number of nitrogens with zero attached hydrogens (tertiary/aromatic N) is 1. The average Bonchev–Trinajstić information content (AvgIpc) is 2.47. The van der Waals surface area contributed by atoms with Gasteiger partial charge in [0.05, 0.1) is 6.61 Å². The van der Waals surface area contributed by atoms with Crippen molar-refractivity contribution in [2.45, 2.75) is 20.8 Å². The summed E-state index contributed by atoms with van der Waals surface area (Å²) in [6.45, 7) is 5.60. The van der Waals surface area contributed by atoms with Crippen LogP contribution < -0.4 is 0 Å². The highest BCUT2D eigenvalue weighted by molar-refractivity contribution is 6.43. The Bertz CT molecular complexity index is 393. The fourth-order valence-corrected chi connectivity index (χ4v) is 1.37. The number of ether oxygens (including phenoxy) is 1. The van der Waals surface area contributed by atoms with Gasteiger partial charge in [-0.2, -0.15) is 0 Å². The third-order valence-corrected chi connectivity index (χ3v) is 1.97. The first-order chi connectivity index (χ1) is 7.10. The molecule has 5 heteroatoms. The van der Waals surface area contributed by atoms with E-state index in [2.05, 4.69) is 10.1 Å². The quantitative estimate of drug-likeness (QED) is 0.342. The van der Waals surface area contributed by atoms with Crippen LogP contribution in [0.3, 0.4) is 0 Å². The molecule has 0 unspecified atom stereocenters. The summed E-state index contributed by atoms with van der Waals surface area (Å²) in [5, 5.41) is 11.8. The number of hydrogen-bond donors (Lipinski definition) is 2. The van der Waals surface area contributed by atoms with Gasteiger partial charge in [0.2, 0.25) is 0 Å². The molecule has 0 radical (unpaired) electrons. The van der Waals surface area contributed by atoms with E-state index >= 15 is 0 Å². The van der Waals surface area contributed by atoms with Crippen LogP contribution in [0, 0.1) is 13.8 Å². The van der Waals surface area contributed by atoms with Gasteiger partial charge in [-0.25, -0.2) is 4.79 Å². The van der Waals surface area contributed by atoms with Crippen molar-refractivity contribution in [3.8, 4) is 0 Å². The largest absolute Gasteiger partial charge is 0.461 e. The summed E-state index contributed by atoms with van der Waals surface area (Å²) >= 11 is 0. The molecule has 5 nitrogen and oxygen atoms in total. The lowest BCUT2D eigenvalue weighted by atomic mass is 10.1. The Morgan fingerprint density at radius 3 is 2.67 bits per heavy atom.